The summed E-state index contributed by atoms with van der Waals surface area (Å²) in [4.78, 5) is 3.08. The average molecular weight is 332 g/mol. The molecule has 0 bridgehead atoms. The number of benzene rings is 2. The third kappa shape index (κ3) is 3.22. The molecule has 0 spiro atoms. The SMILES string of the molecule is CCN(c1ccc2[nH]ccc2c1)S(=O)(=O)Cc1ccc(F)cc1. The summed E-state index contributed by atoms with van der Waals surface area (Å²) >= 11 is 0. The molecule has 3 aromatic rings. The molecule has 0 radical (unpaired) electrons. The van der Waals surface area contributed by atoms with E-state index in [1.807, 2.05) is 24.4 Å². The van der Waals surface area contributed by atoms with E-state index in [9.17, 15) is 12.8 Å². The Hall–Kier alpha value is -2.34. The van der Waals surface area contributed by atoms with Crippen molar-refractivity contribution in [1.29, 1.82) is 0 Å². The Morgan fingerprint density at radius 2 is 1.83 bits per heavy atom. The quantitative estimate of drug-likeness (QED) is 0.775. The van der Waals surface area contributed by atoms with Gasteiger partial charge in [0.1, 0.15) is 5.82 Å². The van der Waals surface area contributed by atoms with Crippen molar-refractivity contribution in [3.8, 4) is 0 Å². The van der Waals surface area contributed by atoms with E-state index in [0.29, 0.717) is 17.8 Å². The number of nitrogens with zero attached hydrogens (tertiary/aromatic N) is 1. The van der Waals surface area contributed by atoms with Crippen molar-refractivity contribution < 1.29 is 12.8 Å². The highest BCUT2D eigenvalue weighted by Crippen LogP contribution is 2.25. The number of hydrogen-bond donors (Lipinski definition) is 1. The first-order chi connectivity index (χ1) is 11.0. The lowest BCUT2D eigenvalue weighted by molar-refractivity contribution is 0.590. The van der Waals surface area contributed by atoms with Crippen LogP contribution in [-0.2, 0) is 15.8 Å². The van der Waals surface area contributed by atoms with Gasteiger partial charge in [-0.3, -0.25) is 4.31 Å². The van der Waals surface area contributed by atoms with Crippen molar-refractivity contribution in [2.24, 2.45) is 0 Å². The zero-order valence-corrected chi connectivity index (χ0v) is 13.5. The molecule has 0 fully saturated rings. The van der Waals surface area contributed by atoms with Gasteiger partial charge in [-0.1, -0.05) is 12.1 Å². The Labute approximate surface area is 134 Å². The lowest BCUT2D eigenvalue weighted by Gasteiger charge is -2.23. The minimum absolute atomic E-state index is 0.160. The van der Waals surface area contributed by atoms with E-state index in [2.05, 4.69) is 4.98 Å². The van der Waals surface area contributed by atoms with Gasteiger partial charge in [0.05, 0.1) is 11.4 Å². The van der Waals surface area contributed by atoms with E-state index in [4.69, 9.17) is 0 Å². The van der Waals surface area contributed by atoms with E-state index in [1.54, 1.807) is 13.0 Å². The van der Waals surface area contributed by atoms with Crippen molar-refractivity contribution in [2.75, 3.05) is 10.8 Å². The van der Waals surface area contributed by atoms with Crippen molar-refractivity contribution in [1.82, 2.24) is 4.98 Å². The second kappa shape index (κ2) is 6.04. The molecule has 23 heavy (non-hydrogen) atoms. The van der Waals surface area contributed by atoms with Gasteiger partial charge >= 0.3 is 0 Å². The molecule has 0 saturated carbocycles. The smallest absolute Gasteiger partial charge is 0.239 e. The predicted molar refractivity (Wildman–Crippen MR) is 90.3 cm³/mol. The Balaban J connectivity index is 1.93. The second-order valence-electron chi connectivity index (χ2n) is 5.30. The molecule has 0 amide bonds. The maximum Gasteiger partial charge on any atom is 0.239 e. The van der Waals surface area contributed by atoms with Crippen molar-refractivity contribution in [3.63, 3.8) is 0 Å². The molecule has 4 nitrogen and oxygen atoms in total. The summed E-state index contributed by atoms with van der Waals surface area (Å²) in [5.41, 5.74) is 2.15. The van der Waals surface area contributed by atoms with E-state index in [-0.39, 0.29) is 11.6 Å². The van der Waals surface area contributed by atoms with E-state index >= 15 is 0 Å². The maximum atomic E-state index is 13.0. The first kappa shape index (κ1) is 15.6. The minimum Gasteiger partial charge on any atom is -0.361 e. The van der Waals surface area contributed by atoms with Crippen LogP contribution in [0.5, 0.6) is 0 Å². The highest BCUT2D eigenvalue weighted by Gasteiger charge is 2.22. The largest absolute Gasteiger partial charge is 0.361 e. The Bertz CT molecular complexity index is 917. The molecule has 1 N–H and O–H groups in total. The first-order valence-corrected chi connectivity index (χ1v) is 8.92. The molecule has 1 aromatic heterocycles. The number of sulfonamides is 1. The standard InChI is InChI=1S/C17H17FN2O2S/c1-2-20(16-7-8-17-14(11-16)9-10-19-17)23(21,22)12-13-3-5-15(18)6-4-13/h3-11,19H,2,12H2,1H3. The van der Waals surface area contributed by atoms with Crippen LogP contribution in [0.4, 0.5) is 10.1 Å². The fourth-order valence-corrected chi connectivity index (χ4v) is 4.20. The third-order valence-corrected chi connectivity index (χ3v) is 5.55. The zero-order valence-electron chi connectivity index (χ0n) is 12.7. The molecule has 120 valence electrons. The molecular formula is C17H17FN2O2S. The normalized spacial score (nSPS) is 11.7. The van der Waals surface area contributed by atoms with Gasteiger partial charge in [0, 0.05) is 23.6 Å². The van der Waals surface area contributed by atoms with Crippen LogP contribution in [0.3, 0.4) is 0 Å². The monoisotopic (exact) mass is 332 g/mol. The highest BCUT2D eigenvalue weighted by molar-refractivity contribution is 7.92. The van der Waals surface area contributed by atoms with Crippen LogP contribution < -0.4 is 4.31 Å². The number of rotatable bonds is 5. The lowest BCUT2D eigenvalue weighted by atomic mass is 10.2. The van der Waals surface area contributed by atoms with Gasteiger partial charge in [0.25, 0.3) is 0 Å². The van der Waals surface area contributed by atoms with Gasteiger partial charge in [0.2, 0.25) is 10.0 Å². The van der Waals surface area contributed by atoms with Gasteiger partial charge in [-0.25, -0.2) is 12.8 Å². The summed E-state index contributed by atoms with van der Waals surface area (Å²) in [6, 6.07) is 12.9. The van der Waals surface area contributed by atoms with Crippen LogP contribution in [0.2, 0.25) is 0 Å². The predicted octanol–water partition coefficient (Wildman–Crippen LogP) is 3.66. The van der Waals surface area contributed by atoms with Gasteiger partial charge < -0.3 is 4.98 Å². The Kier molecular flexibility index (Phi) is 4.09. The number of fused-ring (bicyclic) bond motifs is 1. The van der Waals surface area contributed by atoms with Crippen LogP contribution in [0.15, 0.2) is 54.7 Å². The molecule has 3 rings (SSSR count). The van der Waals surface area contributed by atoms with Gasteiger partial charge in [0.15, 0.2) is 0 Å². The zero-order chi connectivity index (χ0) is 16.4. The Morgan fingerprint density at radius 3 is 2.52 bits per heavy atom. The molecule has 0 atom stereocenters. The summed E-state index contributed by atoms with van der Waals surface area (Å²) in [7, 11) is -3.54. The van der Waals surface area contributed by atoms with Gasteiger partial charge in [-0.05, 0) is 48.9 Å². The van der Waals surface area contributed by atoms with E-state index in [0.717, 1.165) is 10.9 Å². The molecule has 0 unspecified atom stereocenters. The van der Waals surface area contributed by atoms with Crippen LogP contribution >= 0.6 is 0 Å². The van der Waals surface area contributed by atoms with Gasteiger partial charge in [-0.2, -0.15) is 0 Å². The van der Waals surface area contributed by atoms with Crippen LogP contribution in [0, 0.1) is 5.82 Å². The van der Waals surface area contributed by atoms with Crippen molar-refractivity contribution >= 4 is 26.6 Å². The van der Waals surface area contributed by atoms with Crippen LogP contribution in [0.1, 0.15) is 12.5 Å². The topological polar surface area (TPSA) is 53.2 Å². The van der Waals surface area contributed by atoms with E-state index < -0.39 is 10.0 Å². The molecule has 1 heterocycles. The molecular weight excluding hydrogens is 315 g/mol. The van der Waals surface area contributed by atoms with Crippen LogP contribution in [-0.4, -0.2) is 19.9 Å². The fraction of sp³-hybridized carbons (Fsp3) is 0.176. The fourth-order valence-electron chi connectivity index (χ4n) is 2.60. The third-order valence-electron chi connectivity index (χ3n) is 3.71. The summed E-state index contributed by atoms with van der Waals surface area (Å²) in [6.07, 6.45) is 1.82. The lowest BCUT2D eigenvalue weighted by Crippen LogP contribution is -2.31. The summed E-state index contributed by atoms with van der Waals surface area (Å²) in [5, 5.41) is 0.956. The number of aromatic nitrogens is 1. The summed E-state index contributed by atoms with van der Waals surface area (Å²) < 4.78 is 39.8. The van der Waals surface area contributed by atoms with Crippen LogP contribution in [0.25, 0.3) is 10.9 Å². The van der Waals surface area contributed by atoms with E-state index in [1.165, 1.54) is 28.6 Å². The number of H-pyrrole nitrogens is 1. The van der Waals surface area contributed by atoms with Gasteiger partial charge in [-0.15, -0.1) is 0 Å². The number of anilines is 1. The van der Waals surface area contributed by atoms with Crippen molar-refractivity contribution in [3.05, 3.63) is 66.1 Å². The molecule has 0 saturated heterocycles. The molecule has 2 aromatic carbocycles. The highest BCUT2D eigenvalue weighted by atomic mass is 32.2. The number of halogens is 1. The average Bonchev–Trinajstić information content (AvgIpc) is 2.97. The minimum atomic E-state index is -3.54. The maximum absolute atomic E-state index is 13.0. The first-order valence-electron chi connectivity index (χ1n) is 7.31. The molecule has 0 aliphatic heterocycles. The molecule has 0 aliphatic carbocycles. The van der Waals surface area contributed by atoms with Crippen molar-refractivity contribution in [2.45, 2.75) is 12.7 Å². The Morgan fingerprint density at radius 1 is 1.09 bits per heavy atom. The summed E-state index contributed by atoms with van der Waals surface area (Å²) in [6.45, 7) is 2.13. The summed E-state index contributed by atoms with van der Waals surface area (Å²) in [5.74, 6) is -0.539. The molecule has 0 aliphatic rings. The number of hydrogen-bond acceptors (Lipinski definition) is 2. The number of aromatic amines is 1. The second-order valence-corrected chi connectivity index (χ2v) is 7.19. The molecule has 6 heteroatoms. The number of nitrogens with one attached hydrogen (secondary N) is 1.